The second-order valence-corrected chi connectivity index (χ2v) is 8.84. The summed E-state index contributed by atoms with van der Waals surface area (Å²) in [6, 6.07) is 18.2. The van der Waals surface area contributed by atoms with Crippen LogP contribution in [-0.2, 0) is 0 Å². The summed E-state index contributed by atoms with van der Waals surface area (Å²) < 4.78 is 2.82. The molecule has 0 bridgehead atoms. The van der Waals surface area contributed by atoms with Gasteiger partial charge >= 0.3 is 0 Å². The number of aromatic nitrogens is 3. The van der Waals surface area contributed by atoms with Crippen LogP contribution in [0, 0.1) is 0 Å². The van der Waals surface area contributed by atoms with Crippen molar-refractivity contribution in [1.29, 1.82) is 0 Å². The SMILES string of the molecule is O=C(NCCCSc1ccccc1)c1nnn(-c2ccc(Br)cc2)c1C1CC1. The highest BCUT2D eigenvalue weighted by Crippen LogP contribution is 2.42. The van der Waals surface area contributed by atoms with Crippen molar-refractivity contribution in [2.45, 2.75) is 30.1 Å². The lowest BCUT2D eigenvalue weighted by atomic mass is 10.2. The molecule has 1 amide bonds. The van der Waals surface area contributed by atoms with Gasteiger partial charge in [-0.15, -0.1) is 16.9 Å². The molecule has 0 saturated heterocycles. The Balaban J connectivity index is 1.37. The Kier molecular flexibility index (Phi) is 6.12. The Morgan fingerprint density at radius 2 is 1.89 bits per heavy atom. The van der Waals surface area contributed by atoms with E-state index in [2.05, 4.69) is 43.7 Å². The van der Waals surface area contributed by atoms with E-state index in [1.54, 1.807) is 11.8 Å². The third-order valence-electron chi connectivity index (χ3n) is 4.57. The molecule has 144 valence electrons. The largest absolute Gasteiger partial charge is 0.351 e. The van der Waals surface area contributed by atoms with Crippen LogP contribution >= 0.6 is 27.7 Å². The molecule has 5 nitrogen and oxygen atoms in total. The van der Waals surface area contributed by atoms with Gasteiger partial charge in [0.25, 0.3) is 5.91 Å². The molecule has 0 radical (unpaired) electrons. The van der Waals surface area contributed by atoms with E-state index in [1.807, 2.05) is 47.1 Å². The van der Waals surface area contributed by atoms with E-state index < -0.39 is 0 Å². The van der Waals surface area contributed by atoms with Crippen LogP contribution in [0.3, 0.4) is 0 Å². The second-order valence-electron chi connectivity index (χ2n) is 6.76. The van der Waals surface area contributed by atoms with Crippen molar-refractivity contribution in [3.8, 4) is 5.69 Å². The molecule has 1 heterocycles. The van der Waals surface area contributed by atoms with Crippen LogP contribution in [-0.4, -0.2) is 33.2 Å². The number of rotatable bonds is 8. The van der Waals surface area contributed by atoms with E-state index in [1.165, 1.54) is 4.90 Å². The van der Waals surface area contributed by atoms with Gasteiger partial charge in [-0.25, -0.2) is 4.68 Å². The van der Waals surface area contributed by atoms with Crippen LogP contribution in [0.25, 0.3) is 5.69 Å². The highest BCUT2D eigenvalue weighted by Gasteiger charge is 2.34. The lowest BCUT2D eigenvalue weighted by Crippen LogP contribution is -2.26. The summed E-state index contributed by atoms with van der Waals surface area (Å²) in [5, 5.41) is 11.5. The maximum absolute atomic E-state index is 12.7. The summed E-state index contributed by atoms with van der Waals surface area (Å²) in [6.45, 7) is 0.633. The van der Waals surface area contributed by atoms with Crippen molar-refractivity contribution in [3.63, 3.8) is 0 Å². The average molecular weight is 457 g/mol. The molecule has 0 aliphatic heterocycles. The summed E-state index contributed by atoms with van der Waals surface area (Å²) in [5.41, 5.74) is 2.32. The third kappa shape index (κ3) is 4.64. The zero-order valence-corrected chi connectivity index (χ0v) is 17.7. The fourth-order valence-corrected chi connectivity index (χ4v) is 4.15. The molecule has 0 spiro atoms. The first-order valence-corrected chi connectivity index (χ1v) is 11.2. The van der Waals surface area contributed by atoms with E-state index in [0.717, 1.165) is 40.9 Å². The molecule has 1 N–H and O–H groups in total. The normalized spacial score (nSPS) is 13.5. The minimum Gasteiger partial charge on any atom is -0.351 e. The monoisotopic (exact) mass is 456 g/mol. The first-order chi connectivity index (χ1) is 13.7. The Labute approximate surface area is 177 Å². The van der Waals surface area contributed by atoms with Gasteiger partial charge in [0.1, 0.15) is 0 Å². The van der Waals surface area contributed by atoms with Crippen molar-refractivity contribution in [3.05, 3.63) is 70.5 Å². The molecule has 1 saturated carbocycles. The molecule has 1 aliphatic rings. The average Bonchev–Trinajstić information content (AvgIpc) is 3.47. The van der Waals surface area contributed by atoms with Crippen LogP contribution in [0.5, 0.6) is 0 Å². The lowest BCUT2D eigenvalue weighted by molar-refractivity contribution is 0.0947. The zero-order valence-electron chi connectivity index (χ0n) is 15.3. The maximum Gasteiger partial charge on any atom is 0.273 e. The predicted molar refractivity (Wildman–Crippen MR) is 115 cm³/mol. The number of hydrogen-bond acceptors (Lipinski definition) is 4. The molecule has 7 heteroatoms. The lowest BCUT2D eigenvalue weighted by Gasteiger charge is -2.08. The van der Waals surface area contributed by atoms with Crippen LogP contribution in [0.2, 0.25) is 0 Å². The Bertz CT molecular complexity index is 939. The topological polar surface area (TPSA) is 59.8 Å². The number of amides is 1. The highest BCUT2D eigenvalue weighted by atomic mass is 79.9. The van der Waals surface area contributed by atoms with E-state index in [4.69, 9.17) is 0 Å². The summed E-state index contributed by atoms with van der Waals surface area (Å²) in [4.78, 5) is 13.9. The molecule has 0 unspecified atom stereocenters. The van der Waals surface area contributed by atoms with Gasteiger partial charge in [0.2, 0.25) is 0 Å². The summed E-state index contributed by atoms with van der Waals surface area (Å²) >= 11 is 5.25. The predicted octanol–water partition coefficient (Wildman–Crippen LogP) is 4.82. The van der Waals surface area contributed by atoms with E-state index in [9.17, 15) is 4.79 Å². The first kappa shape index (κ1) is 19.2. The second kappa shape index (κ2) is 8.92. The number of nitrogens with one attached hydrogen (secondary N) is 1. The van der Waals surface area contributed by atoms with Crippen molar-refractivity contribution in [1.82, 2.24) is 20.3 Å². The number of nitrogens with zero attached hydrogens (tertiary/aromatic N) is 3. The van der Waals surface area contributed by atoms with E-state index >= 15 is 0 Å². The van der Waals surface area contributed by atoms with Crippen LogP contribution in [0.15, 0.2) is 64.0 Å². The quantitative estimate of drug-likeness (QED) is 0.389. The molecule has 3 aromatic rings. The van der Waals surface area contributed by atoms with Gasteiger partial charge in [-0.1, -0.05) is 39.3 Å². The maximum atomic E-state index is 12.7. The fraction of sp³-hybridized carbons (Fsp3) is 0.286. The van der Waals surface area contributed by atoms with E-state index in [-0.39, 0.29) is 5.91 Å². The van der Waals surface area contributed by atoms with Crippen molar-refractivity contribution >= 4 is 33.6 Å². The minimum atomic E-state index is -0.130. The summed E-state index contributed by atoms with van der Waals surface area (Å²) in [6.07, 6.45) is 3.07. The van der Waals surface area contributed by atoms with E-state index in [0.29, 0.717) is 18.2 Å². The number of carbonyl (C=O) groups excluding carboxylic acids is 1. The minimum absolute atomic E-state index is 0.130. The number of benzene rings is 2. The van der Waals surface area contributed by atoms with Crippen LogP contribution in [0.1, 0.15) is 41.4 Å². The first-order valence-electron chi connectivity index (χ1n) is 9.40. The number of hydrogen-bond donors (Lipinski definition) is 1. The Morgan fingerprint density at radius 3 is 2.61 bits per heavy atom. The number of carbonyl (C=O) groups is 1. The standard InChI is InChI=1S/C21H21BrN4OS/c22-16-9-11-17(12-10-16)26-20(15-7-8-15)19(24-25-26)21(27)23-13-4-14-28-18-5-2-1-3-6-18/h1-3,5-6,9-12,15H,4,7-8,13-14H2,(H,23,27). The van der Waals surface area contributed by atoms with Crippen molar-refractivity contribution < 1.29 is 4.79 Å². The Morgan fingerprint density at radius 1 is 1.14 bits per heavy atom. The molecule has 28 heavy (non-hydrogen) atoms. The van der Waals surface area contributed by atoms with Crippen molar-refractivity contribution in [2.24, 2.45) is 0 Å². The molecule has 1 aliphatic carbocycles. The molecular weight excluding hydrogens is 436 g/mol. The van der Waals surface area contributed by atoms with Crippen molar-refractivity contribution in [2.75, 3.05) is 12.3 Å². The molecule has 1 fully saturated rings. The molecular formula is C21H21BrN4OS. The molecule has 0 atom stereocenters. The number of halogens is 1. The highest BCUT2D eigenvalue weighted by molar-refractivity contribution is 9.10. The summed E-state index contributed by atoms with van der Waals surface area (Å²) in [5.74, 6) is 1.20. The Hall–Kier alpha value is -2.12. The van der Waals surface area contributed by atoms with Crippen LogP contribution in [0.4, 0.5) is 0 Å². The molecule has 4 rings (SSSR count). The summed E-state index contributed by atoms with van der Waals surface area (Å²) in [7, 11) is 0. The van der Waals surface area contributed by atoms with Gasteiger partial charge in [-0.05, 0) is 61.4 Å². The van der Waals surface area contributed by atoms with Gasteiger partial charge in [0.05, 0.1) is 11.4 Å². The van der Waals surface area contributed by atoms with Gasteiger partial charge < -0.3 is 5.32 Å². The molecule has 1 aromatic heterocycles. The van der Waals surface area contributed by atoms with Crippen LogP contribution < -0.4 is 5.32 Å². The van der Waals surface area contributed by atoms with Gasteiger partial charge in [-0.3, -0.25) is 4.79 Å². The zero-order chi connectivity index (χ0) is 19.3. The van der Waals surface area contributed by atoms with Gasteiger partial charge in [0, 0.05) is 21.8 Å². The van der Waals surface area contributed by atoms with Gasteiger partial charge in [0.15, 0.2) is 5.69 Å². The fourth-order valence-electron chi connectivity index (χ4n) is 3.01. The van der Waals surface area contributed by atoms with Gasteiger partial charge in [-0.2, -0.15) is 0 Å². The smallest absolute Gasteiger partial charge is 0.273 e. The molecule has 2 aromatic carbocycles. The number of thioether (sulfide) groups is 1. The third-order valence-corrected chi connectivity index (χ3v) is 6.20.